The fourth-order valence-electron chi connectivity index (χ4n) is 2.35. The Morgan fingerprint density at radius 2 is 2.21 bits per heavy atom. The molecule has 0 saturated carbocycles. The zero-order valence-corrected chi connectivity index (χ0v) is 12.8. The summed E-state index contributed by atoms with van der Waals surface area (Å²) >= 11 is 3.29. The summed E-state index contributed by atoms with van der Waals surface area (Å²) in [5.41, 5.74) is -0.871. The van der Waals surface area contributed by atoms with E-state index >= 15 is 0 Å². The van der Waals surface area contributed by atoms with E-state index in [2.05, 4.69) is 26.1 Å². The number of esters is 1. The average Bonchev–Trinajstić information content (AvgIpc) is 2.86. The van der Waals surface area contributed by atoms with Crippen LogP contribution in [0.1, 0.15) is 19.6 Å². The minimum atomic E-state index is -0.871. The summed E-state index contributed by atoms with van der Waals surface area (Å²) in [4.78, 5) is 14.5. The molecule has 19 heavy (non-hydrogen) atoms. The maximum atomic E-state index is 12.4. The average molecular weight is 331 g/mol. The fourth-order valence-corrected chi connectivity index (χ4v) is 2.65. The van der Waals surface area contributed by atoms with Gasteiger partial charge in [-0.3, -0.25) is 4.90 Å². The normalized spacial score (nSPS) is 19.9. The van der Waals surface area contributed by atoms with Crippen LogP contribution < -0.4 is 5.32 Å². The van der Waals surface area contributed by atoms with E-state index in [-0.39, 0.29) is 5.97 Å². The monoisotopic (exact) mass is 330 g/mol. The number of furan rings is 1. The number of hydrogen-bond acceptors (Lipinski definition) is 5. The molecule has 106 valence electrons. The number of nitrogens with zero attached hydrogens (tertiary/aromatic N) is 1. The van der Waals surface area contributed by atoms with E-state index < -0.39 is 5.54 Å². The Morgan fingerprint density at radius 3 is 2.74 bits per heavy atom. The minimum absolute atomic E-state index is 0.265. The Kier molecular flexibility index (Phi) is 4.65. The van der Waals surface area contributed by atoms with Gasteiger partial charge in [0.15, 0.2) is 10.2 Å². The van der Waals surface area contributed by atoms with Gasteiger partial charge in [0.25, 0.3) is 0 Å². The van der Waals surface area contributed by atoms with Crippen molar-refractivity contribution in [3.8, 4) is 0 Å². The lowest BCUT2D eigenvalue weighted by Gasteiger charge is -2.40. The molecule has 5 nitrogen and oxygen atoms in total. The Labute approximate surface area is 121 Å². The highest BCUT2D eigenvalue weighted by Gasteiger charge is 2.45. The van der Waals surface area contributed by atoms with Crippen molar-refractivity contribution in [2.45, 2.75) is 19.4 Å². The van der Waals surface area contributed by atoms with Crippen LogP contribution in [-0.2, 0) is 15.1 Å². The number of rotatable bonds is 4. The van der Waals surface area contributed by atoms with Crippen LogP contribution in [0.25, 0.3) is 0 Å². The zero-order valence-electron chi connectivity index (χ0n) is 11.2. The third-order valence-corrected chi connectivity index (χ3v) is 3.90. The van der Waals surface area contributed by atoms with Crippen molar-refractivity contribution in [3.63, 3.8) is 0 Å². The van der Waals surface area contributed by atoms with E-state index in [1.54, 1.807) is 6.07 Å². The molecule has 0 aromatic carbocycles. The predicted octanol–water partition coefficient (Wildman–Crippen LogP) is 1.73. The van der Waals surface area contributed by atoms with Gasteiger partial charge in [0, 0.05) is 26.2 Å². The highest BCUT2D eigenvalue weighted by atomic mass is 79.9. The summed E-state index contributed by atoms with van der Waals surface area (Å²) in [6.07, 6.45) is 0. The summed E-state index contributed by atoms with van der Waals surface area (Å²) in [5, 5.41) is 3.28. The molecule has 0 amide bonds. The first-order chi connectivity index (χ1) is 9.09. The third-order valence-electron chi connectivity index (χ3n) is 3.48. The van der Waals surface area contributed by atoms with Crippen LogP contribution in [0.15, 0.2) is 21.2 Å². The van der Waals surface area contributed by atoms with Crippen LogP contribution in [0.5, 0.6) is 0 Å². The first kappa shape index (κ1) is 14.6. The number of piperazine rings is 1. The number of ether oxygens (including phenoxy) is 1. The molecule has 0 aliphatic carbocycles. The highest BCUT2D eigenvalue weighted by Crippen LogP contribution is 2.33. The van der Waals surface area contributed by atoms with Gasteiger partial charge in [-0.2, -0.15) is 0 Å². The van der Waals surface area contributed by atoms with Crippen molar-refractivity contribution in [2.75, 3.05) is 32.8 Å². The Hall–Kier alpha value is -0.850. The quantitative estimate of drug-likeness (QED) is 0.852. The number of carbonyl (C=O) groups excluding carboxylic acids is 1. The molecule has 1 N–H and O–H groups in total. The molecular weight excluding hydrogens is 312 g/mol. The van der Waals surface area contributed by atoms with Crippen molar-refractivity contribution in [1.29, 1.82) is 0 Å². The van der Waals surface area contributed by atoms with Crippen LogP contribution in [0.4, 0.5) is 0 Å². The standard InChI is InChI=1S/C13H19BrN2O3/c1-3-18-12(17)13(2,10-4-5-11(14)19-10)16-8-6-15-7-9-16/h4-5,15H,3,6-9H2,1-2H3. The van der Waals surface area contributed by atoms with E-state index in [0.717, 1.165) is 26.2 Å². The molecule has 2 heterocycles. The van der Waals surface area contributed by atoms with Gasteiger partial charge in [0.2, 0.25) is 0 Å². The number of carbonyl (C=O) groups is 1. The first-order valence-electron chi connectivity index (χ1n) is 6.48. The highest BCUT2D eigenvalue weighted by molar-refractivity contribution is 9.10. The number of hydrogen-bond donors (Lipinski definition) is 1. The Bertz CT molecular complexity index is 443. The zero-order chi connectivity index (χ0) is 13.9. The molecule has 1 aliphatic rings. The molecular formula is C13H19BrN2O3. The van der Waals surface area contributed by atoms with Crippen molar-refractivity contribution in [2.24, 2.45) is 0 Å². The van der Waals surface area contributed by atoms with Gasteiger partial charge >= 0.3 is 5.97 Å². The molecule has 6 heteroatoms. The van der Waals surface area contributed by atoms with E-state index in [4.69, 9.17) is 9.15 Å². The van der Waals surface area contributed by atoms with Gasteiger partial charge in [-0.05, 0) is 41.9 Å². The molecule has 0 bridgehead atoms. The molecule has 1 atom stereocenters. The molecule has 1 unspecified atom stereocenters. The van der Waals surface area contributed by atoms with Crippen molar-refractivity contribution < 1.29 is 13.9 Å². The van der Waals surface area contributed by atoms with Gasteiger partial charge in [-0.25, -0.2) is 4.79 Å². The molecule has 1 aromatic heterocycles. The van der Waals surface area contributed by atoms with Gasteiger partial charge in [0.05, 0.1) is 6.61 Å². The summed E-state index contributed by atoms with van der Waals surface area (Å²) in [6.45, 7) is 7.33. The second kappa shape index (κ2) is 6.07. The van der Waals surface area contributed by atoms with Crippen molar-refractivity contribution in [3.05, 3.63) is 22.6 Å². The lowest BCUT2D eigenvalue weighted by molar-refractivity contribution is -0.159. The fraction of sp³-hybridized carbons (Fsp3) is 0.615. The largest absolute Gasteiger partial charge is 0.464 e. The van der Waals surface area contributed by atoms with Crippen molar-refractivity contribution >= 4 is 21.9 Å². The Morgan fingerprint density at radius 1 is 1.53 bits per heavy atom. The molecule has 1 aliphatic heterocycles. The second-order valence-electron chi connectivity index (χ2n) is 4.63. The van der Waals surface area contributed by atoms with E-state index in [0.29, 0.717) is 17.0 Å². The summed E-state index contributed by atoms with van der Waals surface area (Å²) in [5.74, 6) is 0.346. The van der Waals surface area contributed by atoms with E-state index in [9.17, 15) is 4.79 Å². The lowest BCUT2D eigenvalue weighted by Crippen LogP contribution is -2.57. The SMILES string of the molecule is CCOC(=O)C(C)(c1ccc(Br)o1)N1CCNCC1. The molecule has 1 saturated heterocycles. The van der Waals surface area contributed by atoms with Crippen LogP contribution in [0, 0.1) is 0 Å². The molecule has 0 radical (unpaired) electrons. The van der Waals surface area contributed by atoms with Crippen molar-refractivity contribution in [1.82, 2.24) is 10.2 Å². The van der Waals surface area contributed by atoms with E-state index in [1.165, 1.54) is 0 Å². The molecule has 2 rings (SSSR count). The minimum Gasteiger partial charge on any atom is -0.464 e. The topological polar surface area (TPSA) is 54.7 Å². The smallest absolute Gasteiger partial charge is 0.334 e. The number of nitrogens with one attached hydrogen (secondary N) is 1. The number of halogens is 1. The van der Waals surface area contributed by atoms with Gasteiger partial charge in [0.1, 0.15) is 5.76 Å². The summed E-state index contributed by atoms with van der Waals surface area (Å²) < 4.78 is 11.5. The lowest BCUT2D eigenvalue weighted by atomic mass is 9.95. The molecule has 1 aromatic rings. The van der Waals surface area contributed by atoms with Crippen LogP contribution in [-0.4, -0.2) is 43.7 Å². The van der Waals surface area contributed by atoms with E-state index in [1.807, 2.05) is 19.9 Å². The summed E-state index contributed by atoms with van der Waals surface area (Å²) in [7, 11) is 0. The van der Waals surface area contributed by atoms with Crippen LogP contribution >= 0.6 is 15.9 Å². The van der Waals surface area contributed by atoms with Crippen LogP contribution in [0.3, 0.4) is 0 Å². The second-order valence-corrected chi connectivity index (χ2v) is 5.42. The van der Waals surface area contributed by atoms with Gasteiger partial charge < -0.3 is 14.5 Å². The maximum absolute atomic E-state index is 12.4. The first-order valence-corrected chi connectivity index (χ1v) is 7.27. The molecule has 0 spiro atoms. The third kappa shape index (κ3) is 2.85. The predicted molar refractivity (Wildman–Crippen MR) is 74.8 cm³/mol. The van der Waals surface area contributed by atoms with Crippen LogP contribution in [0.2, 0.25) is 0 Å². The van der Waals surface area contributed by atoms with Gasteiger partial charge in [-0.1, -0.05) is 0 Å². The maximum Gasteiger partial charge on any atom is 0.334 e. The Balaban J connectivity index is 2.33. The molecule has 1 fully saturated rings. The van der Waals surface area contributed by atoms with Gasteiger partial charge in [-0.15, -0.1) is 0 Å². The summed E-state index contributed by atoms with van der Waals surface area (Å²) in [6, 6.07) is 3.62.